The van der Waals surface area contributed by atoms with E-state index in [4.69, 9.17) is 4.52 Å². The lowest BCUT2D eigenvalue weighted by Crippen LogP contribution is -1.91. The van der Waals surface area contributed by atoms with Gasteiger partial charge in [-0.05, 0) is 49.6 Å². The molecule has 2 rings (SSSR count). The average Bonchev–Trinajstić information content (AvgIpc) is 3.16. The van der Waals surface area contributed by atoms with E-state index in [-0.39, 0.29) is 5.92 Å². The van der Waals surface area contributed by atoms with Crippen molar-refractivity contribution in [3.05, 3.63) is 47.9 Å². The van der Waals surface area contributed by atoms with Crippen molar-refractivity contribution in [3.8, 4) is 23.2 Å². The van der Waals surface area contributed by atoms with Gasteiger partial charge in [0.1, 0.15) is 5.71 Å². The molecule has 1 aromatic carbocycles. The molecule has 0 N–H and O–H groups in total. The van der Waals surface area contributed by atoms with Crippen molar-refractivity contribution in [1.82, 2.24) is 10.1 Å². The van der Waals surface area contributed by atoms with Crippen molar-refractivity contribution in [3.63, 3.8) is 0 Å². The maximum Gasteiger partial charge on any atom is 0.229 e. The van der Waals surface area contributed by atoms with E-state index in [1.54, 1.807) is 7.05 Å². The summed E-state index contributed by atoms with van der Waals surface area (Å²) in [6.45, 7) is 10.1. The van der Waals surface area contributed by atoms with E-state index in [0.29, 0.717) is 11.7 Å². The Balaban J connectivity index is 0.00000151. The highest BCUT2D eigenvalue weighted by atomic mass is 16.5. The minimum Gasteiger partial charge on any atom is -0.339 e. The number of allylic oxidation sites excluding steroid dienone is 2. The Morgan fingerprint density at radius 1 is 1.28 bits per heavy atom. The summed E-state index contributed by atoms with van der Waals surface area (Å²) in [5, 5.41) is 4.05. The fourth-order valence-corrected chi connectivity index (χ4v) is 1.90. The third-order valence-electron chi connectivity index (χ3n) is 3.52. The van der Waals surface area contributed by atoms with Crippen molar-refractivity contribution in [1.29, 1.82) is 0 Å². The van der Waals surface area contributed by atoms with Crippen LogP contribution in [0.25, 0.3) is 11.4 Å². The highest BCUT2D eigenvalue weighted by Gasteiger charge is 2.13. The van der Waals surface area contributed by atoms with Crippen molar-refractivity contribution >= 4 is 5.71 Å². The molecule has 1 heterocycles. The highest BCUT2D eigenvalue weighted by molar-refractivity contribution is 6.08. The van der Waals surface area contributed by atoms with Crippen LogP contribution in [0, 0.1) is 11.8 Å². The quantitative estimate of drug-likeness (QED) is 0.564. The van der Waals surface area contributed by atoms with Crippen LogP contribution >= 0.6 is 0 Å². The smallest absolute Gasteiger partial charge is 0.229 e. The second kappa shape index (κ2) is 11.0. The molecule has 4 heteroatoms. The Morgan fingerprint density at radius 2 is 1.96 bits per heavy atom. The zero-order valence-electron chi connectivity index (χ0n) is 16.0. The van der Waals surface area contributed by atoms with Crippen LogP contribution < -0.4 is 0 Å². The summed E-state index contributed by atoms with van der Waals surface area (Å²) in [6.07, 6.45) is 4.78. The van der Waals surface area contributed by atoms with Gasteiger partial charge in [-0.2, -0.15) is 4.98 Å². The molecule has 0 spiro atoms. The van der Waals surface area contributed by atoms with Crippen LogP contribution in [0.15, 0.2) is 45.9 Å². The van der Waals surface area contributed by atoms with Gasteiger partial charge in [-0.25, -0.2) is 0 Å². The fraction of sp³-hybridized carbons (Fsp3) is 0.381. The largest absolute Gasteiger partial charge is 0.339 e. The number of nitrogens with zero attached hydrogens (tertiary/aromatic N) is 3. The van der Waals surface area contributed by atoms with Crippen LogP contribution in [0.4, 0.5) is 0 Å². The second-order valence-corrected chi connectivity index (χ2v) is 5.20. The minimum atomic E-state index is 0.278. The van der Waals surface area contributed by atoms with Gasteiger partial charge in [0, 0.05) is 24.1 Å². The molecule has 132 valence electrons. The van der Waals surface area contributed by atoms with Crippen LogP contribution in [-0.4, -0.2) is 22.9 Å². The topological polar surface area (TPSA) is 51.3 Å². The van der Waals surface area contributed by atoms with Gasteiger partial charge < -0.3 is 4.52 Å². The molecule has 0 saturated heterocycles. The van der Waals surface area contributed by atoms with Gasteiger partial charge in [0.25, 0.3) is 0 Å². The number of benzene rings is 1. The fourth-order valence-electron chi connectivity index (χ4n) is 1.90. The molecular weight excluding hydrogens is 310 g/mol. The van der Waals surface area contributed by atoms with Gasteiger partial charge in [-0.15, -0.1) is 0 Å². The summed E-state index contributed by atoms with van der Waals surface area (Å²) >= 11 is 0. The molecule has 0 fully saturated rings. The molecule has 1 unspecified atom stereocenters. The Bertz CT molecular complexity index is 758. The third kappa shape index (κ3) is 6.04. The lowest BCUT2D eigenvalue weighted by Gasteiger charge is -1.98. The van der Waals surface area contributed by atoms with Crippen LogP contribution in [0.3, 0.4) is 0 Å². The van der Waals surface area contributed by atoms with Crippen molar-refractivity contribution < 1.29 is 4.52 Å². The van der Waals surface area contributed by atoms with E-state index in [1.807, 2.05) is 57.2 Å². The standard InChI is InChI=1S/C19H21N3O.C2H6/c1-5-7-17(20-4)13-10-15-8-11-16(12-9-15)18-21-19(23-22-18)14(3)6-2;1-2/h5,7-9,11-12,14H,6H2,1-4H3;1-2H3/b7-5-,20-17?;. The number of rotatable bonds is 4. The van der Waals surface area contributed by atoms with E-state index in [2.05, 4.69) is 40.8 Å². The molecule has 0 aliphatic rings. The molecule has 1 aromatic heterocycles. The van der Waals surface area contributed by atoms with Gasteiger partial charge >= 0.3 is 0 Å². The van der Waals surface area contributed by atoms with E-state index < -0.39 is 0 Å². The average molecular weight is 337 g/mol. The Kier molecular flexibility index (Phi) is 8.95. The summed E-state index contributed by atoms with van der Waals surface area (Å²) in [6, 6.07) is 7.80. The molecule has 0 amide bonds. The molecular formula is C21H27N3O. The SMILES string of the molecule is C/C=C\C(C#Cc1ccc(-c2noc(C(C)CC)n2)cc1)=NC.CC. The second-order valence-electron chi connectivity index (χ2n) is 5.20. The lowest BCUT2D eigenvalue weighted by molar-refractivity contribution is 0.357. The first-order valence-corrected chi connectivity index (χ1v) is 8.73. The predicted molar refractivity (Wildman–Crippen MR) is 105 cm³/mol. The number of hydrogen-bond donors (Lipinski definition) is 0. The van der Waals surface area contributed by atoms with Gasteiger partial charge in [0.05, 0.1) is 0 Å². The van der Waals surface area contributed by atoms with E-state index in [9.17, 15) is 0 Å². The minimum absolute atomic E-state index is 0.278. The van der Waals surface area contributed by atoms with Crippen molar-refractivity contribution in [2.45, 2.75) is 47.0 Å². The zero-order valence-corrected chi connectivity index (χ0v) is 16.0. The van der Waals surface area contributed by atoms with E-state index >= 15 is 0 Å². The third-order valence-corrected chi connectivity index (χ3v) is 3.52. The Labute approximate surface area is 151 Å². The van der Waals surface area contributed by atoms with Gasteiger partial charge in [-0.3, -0.25) is 4.99 Å². The molecule has 4 nitrogen and oxygen atoms in total. The van der Waals surface area contributed by atoms with Crippen LogP contribution in [0.5, 0.6) is 0 Å². The summed E-state index contributed by atoms with van der Waals surface area (Å²) in [5.74, 6) is 7.71. The van der Waals surface area contributed by atoms with Crippen molar-refractivity contribution in [2.75, 3.05) is 7.05 Å². The van der Waals surface area contributed by atoms with E-state index in [1.165, 1.54) is 0 Å². The Morgan fingerprint density at radius 3 is 2.52 bits per heavy atom. The first-order valence-electron chi connectivity index (χ1n) is 8.73. The number of aliphatic imine (C=N–C) groups is 1. The molecule has 0 radical (unpaired) electrons. The summed E-state index contributed by atoms with van der Waals surface area (Å²) in [4.78, 5) is 8.56. The van der Waals surface area contributed by atoms with Gasteiger partial charge in [0.2, 0.25) is 11.7 Å². The Hall–Kier alpha value is -2.67. The molecule has 0 saturated carbocycles. The number of aromatic nitrogens is 2. The summed E-state index contributed by atoms with van der Waals surface area (Å²) in [5.41, 5.74) is 2.60. The van der Waals surface area contributed by atoms with Crippen LogP contribution in [-0.2, 0) is 0 Å². The van der Waals surface area contributed by atoms with E-state index in [0.717, 1.165) is 23.3 Å². The molecule has 1 atom stereocenters. The van der Waals surface area contributed by atoms with Crippen molar-refractivity contribution in [2.24, 2.45) is 4.99 Å². The molecule has 0 bridgehead atoms. The summed E-state index contributed by atoms with van der Waals surface area (Å²) in [7, 11) is 1.73. The predicted octanol–water partition coefficient (Wildman–Crippen LogP) is 5.27. The lowest BCUT2D eigenvalue weighted by atomic mass is 10.1. The van der Waals surface area contributed by atoms with Gasteiger partial charge in [0.15, 0.2) is 0 Å². The summed E-state index contributed by atoms with van der Waals surface area (Å²) < 4.78 is 5.31. The maximum absolute atomic E-state index is 5.31. The van der Waals surface area contributed by atoms with Crippen LogP contribution in [0.2, 0.25) is 0 Å². The molecule has 0 aliphatic carbocycles. The first-order chi connectivity index (χ1) is 12.2. The highest BCUT2D eigenvalue weighted by Crippen LogP contribution is 2.21. The maximum atomic E-state index is 5.31. The number of hydrogen-bond acceptors (Lipinski definition) is 4. The normalized spacial score (nSPS) is 12.2. The monoisotopic (exact) mass is 337 g/mol. The molecule has 25 heavy (non-hydrogen) atoms. The first kappa shape index (κ1) is 20.4. The zero-order chi connectivity index (χ0) is 18.7. The molecule has 2 aromatic rings. The van der Waals surface area contributed by atoms with Crippen LogP contribution in [0.1, 0.15) is 58.4 Å². The molecule has 0 aliphatic heterocycles. The van der Waals surface area contributed by atoms with Gasteiger partial charge in [-0.1, -0.05) is 44.8 Å².